The van der Waals surface area contributed by atoms with Crippen molar-refractivity contribution < 1.29 is 4.79 Å². The van der Waals surface area contributed by atoms with Crippen molar-refractivity contribution in [2.45, 2.75) is 0 Å². The van der Waals surface area contributed by atoms with Crippen LogP contribution in [-0.2, 0) is 7.05 Å². The summed E-state index contributed by atoms with van der Waals surface area (Å²) in [6.45, 7) is 0. The van der Waals surface area contributed by atoms with E-state index < -0.39 is 17.2 Å². The topological polar surface area (TPSA) is 101 Å². The summed E-state index contributed by atoms with van der Waals surface area (Å²) in [7, 11) is 1.34. The minimum Gasteiger partial charge on any atom is -0.321 e. The molecular formula is C17H13N5O3S. The lowest BCUT2D eigenvalue weighted by Gasteiger charge is -2.07. The number of aromatic amines is 1. The first-order chi connectivity index (χ1) is 12.5. The Bertz CT molecular complexity index is 1190. The number of imidazole rings is 1. The number of carbonyl (C=O) groups excluding carboxylic acids is 1. The van der Waals surface area contributed by atoms with Gasteiger partial charge in [-0.05, 0) is 12.1 Å². The summed E-state index contributed by atoms with van der Waals surface area (Å²) in [4.78, 5) is 43.4. The van der Waals surface area contributed by atoms with Crippen LogP contribution >= 0.6 is 11.3 Å². The molecule has 0 atom stereocenters. The predicted molar refractivity (Wildman–Crippen MR) is 98.8 cm³/mol. The van der Waals surface area contributed by atoms with Gasteiger partial charge in [-0.1, -0.05) is 12.1 Å². The summed E-state index contributed by atoms with van der Waals surface area (Å²) in [6, 6.07) is 8.28. The van der Waals surface area contributed by atoms with Crippen LogP contribution in [0.3, 0.4) is 0 Å². The zero-order valence-corrected chi connectivity index (χ0v) is 14.4. The number of carbonyl (C=O) groups is 1. The fraction of sp³-hybridized carbons (Fsp3) is 0.0588. The fourth-order valence-corrected chi connectivity index (χ4v) is 3.20. The highest BCUT2D eigenvalue weighted by molar-refractivity contribution is 7.15. The molecule has 9 heteroatoms. The molecule has 0 spiro atoms. The molecule has 0 aliphatic rings. The van der Waals surface area contributed by atoms with Gasteiger partial charge in [0.2, 0.25) is 0 Å². The monoisotopic (exact) mass is 367 g/mol. The summed E-state index contributed by atoms with van der Waals surface area (Å²) in [6.07, 6.45) is 3.83. The zero-order chi connectivity index (χ0) is 18.3. The maximum absolute atomic E-state index is 12.3. The number of H-pyrrole nitrogens is 1. The number of aromatic nitrogens is 4. The average Bonchev–Trinajstić information content (AvgIpc) is 3.21. The Kier molecular flexibility index (Phi) is 3.77. The zero-order valence-electron chi connectivity index (χ0n) is 13.6. The highest BCUT2D eigenvalue weighted by Gasteiger charge is 2.11. The molecule has 0 saturated heterocycles. The molecule has 0 aliphatic heterocycles. The van der Waals surface area contributed by atoms with Gasteiger partial charge >= 0.3 is 5.69 Å². The van der Waals surface area contributed by atoms with Gasteiger partial charge in [-0.3, -0.25) is 18.6 Å². The molecule has 2 N–H and O–H groups in total. The lowest BCUT2D eigenvalue weighted by molar-refractivity contribution is 0.102. The molecule has 4 aromatic rings. The Morgan fingerprint density at radius 3 is 2.88 bits per heavy atom. The summed E-state index contributed by atoms with van der Waals surface area (Å²) < 4.78 is 2.82. The third kappa shape index (κ3) is 2.84. The van der Waals surface area contributed by atoms with E-state index in [0.29, 0.717) is 5.69 Å². The highest BCUT2D eigenvalue weighted by atomic mass is 32.1. The van der Waals surface area contributed by atoms with E-state index in [0.717, 1.165) is 26.9 Å². The number of rotatable bonds is 3. The summed E-state index contributed by atoms with van der Waals surface area (Å²) in [5.74, 6) is -0.567. The molecule has 0 aliphatic carbocycles. The van der Waals surface area contributed by atoms with Crippen LogP contribution in [0.5, 0.6) is 0 Å². The van der Waals surface area contributed by atoms with Gasteiger partial charge < -0.3 is 10.3 Å². The standard InChI is InChI=1S/C17H13N5O3S/c1-21-14(23)8-12(19-16(21)25)15(24)18-11-4-2-3-10(7-11)13-9-22-5-6-26-17(22)20-13/h2-9H,1H3,(H,18,24)(H,19,25). The van der Waals surface area contributed by atoms with Gasteiger partial charge in [-0.25, -0.2) is 9.78 Å². The number of amides is 1. The van der Waals surface area contributed by atoms with Gasteiger partial charge in [-0.2, -0.15) is 0 Å². The van der Waals surface area contributed by atoms with Crippen molar-refractivity contribution in [2.24, 2.45) is 7.05 Å². The molecule has 0 unspecified atom stereocenters. The van der Waals surface area contributed by atoms with E-state index in [-0.39, 0.29) is 5.69 Å². The second-order valence-electron chi connectivity index (χ2n) is 5.64. The van der Waals surface area contributed by atoms with Crippen LogP contribution in [0.4, 0.5) is 5.69 Å². The van der Waals surface area contributed by atoms with E-state index in [1.807, 2.05) is 28.2 Å². The second kappa shape index (κ2) is 6.12. The minimum atomic E-state index is -0.644. The molecule has 1 amide bonds. The van der Waals surface area contributed by atoms with E-state index >= 15 is 0 Å². The largest absolute Gasteiger partial charge is 0.328 e. The van der Waals surface area contributed by atoms with Crippen LogP contribution in [0.15, 0.2) is 57.7 Å². The molecule has 26 heavy (non-hydrogen) atoms. The van der Waals surface area contributed by atoms with Gasteiger partial charge in [0.25, 0.3) is 11.5 Å². The van der Waals surface area contributed by atoms with Crippen molar-refractivity contribution in [2.75, 3.05) is 5.32 Å². The van der Waals surface area contributed by atoms with E-state index in [2.05, 4.69) is 15.3 Å². The number of hydrogen-bond donors (Lipinski definition) is 2. The molecule has 1 aromatic carbocycles. The van der Waals surface area contributed by atoms with Crippen LogP contribution in [0.25, 0.3) is 16.2 Å². The summed E-state index contributed by atoms with van der Waals surface area (Å²) >= 11 is 1.54. The summed E-state index contributed by atoms with van der Waals surface area (Å²) in [5.41, 5.74) is 0.878. The van der Waals surface area contributed by atoms with Gasteiger partial charge in [-0.15, -0.1) is 11.3 Å². The van der Waals surface area contributed by atoms with Crippen LogP contribution < -0.4 is 16.6 Å². The van der Waals surface area contributed by atoms with E-state index in [1.165, 1.54) is 18.4 Å². The number of benzene rings is 1. The van der Waals surface area contributed by atoms with E-state index in [9.17, 15) is 14.4 Å². The summed E-state index contributed by atoms with van der Waals surface area (Å²) in [5, 5.41) is 4.63. The molecule has 0 radical (unpaired) electrons. The smallest absolute Gasteiger partial charge is 0.321 e. The molecule has 8 nitrogen and oxygen atoms in total. The first-order valence-corrected chi connectivity index (χ1v) is 8.53. The van der Waals surface area contributed by atoms with Gasteiger partial charge in [0.15, 0.2) is 4.96 Å². The van der Waals surface area contributed by atoms with Crippen LogP contribution in [-0.4, -0.2) is 24.8 Å². The molecule has 0 fully saturated rings. The van der Waals surface area contributed by atoms with Crippen molar-refractivity contribution in [1.29, 1.82) is 0 Å². The Hall–Kier alpha value is -3.46. The number of thiazole rings is 1. The Morgan fingerprint density at radius 1 is 1.27 bits per heavy atom. The molecule has 130 valence electrons. The highest BCUT2D eigenvalue weighted by Crippen LogP contribution is 2.24. The Balaban J connectivity index is 1.63. The number of anilines is 1. The van der Waals surface area contributed by atoms with Crippen molar-refractivity contribution >= 4 is 27.9 Å². The van der Waals surface area contributed by atoms with Crippen molar-refractivity contribution in [1.82, 2.24) is 18.9 Å². The third-order valence-electron chi connectivity index (χ3n) is 3.90. The minimum absolute atomic E-state index is 0.0917. The molecule has 3 aromatic heterocycles. The SMILES string of the molecule is Cn1c(=O)cc(C(=O)Nc2cccc(-c3cn4ccsc4n3)c2)[nH]c1=O. The number of fused-ring (bicyclic) bond motifs is 1. The molecule has 4 rings (SSSR count). The molecular weight excluding hydrogens is 354 g/mol. The van der Waals surface area contributed by atoms with Crippen molar-refractivity contribution in [3.63, 3.8) is 0 Å². The van der Waals surface area contributed by atoms with Crippen molar-refractivity contribution in [3.05, 3.63) is 74.6 Å². The Labute approximate surface area is 150 Å². The normalized spacial score (nSPS) is 11.0. The maximum Gasteiger partial charge on any atom is 0.328 e. The van der Waals surface area contributed by atoms with Crippen LogP contribution in [0.2, 0.25) is 0 Å². The lowest BCUT2D eigenvalue weighted by atomic mass is 10.1. The van der Waals surface area contributed by atoms with Crippen LogP contribution in [0, 0.1) is 0 Å². The number of nitrogens with zero attached hydrogens (tertiary/aromatic N) is 3. The number of hydrogen-bond acceptors (Lipinski definition) is 5. The molecule has 3 heterocycles. The first kappa shape index (κ1) is 16.0. The predicted octanol–water partition coefficient (Wildman–Crippen LogP) is 1.70. The van der Waals surface area contributed by atoms with Gasteiger partial charge in [0.05, 0.1) is 5.69 Å². The lowest BCUT2D eigenvalue weighted by Crippen LogP contribution is -2.34. The maximum atomic E-state index is 12.3. The average molecular weight is 367 g/mol. The van der Waals surface area contributed by atoms with E-state index in [1.54, 1.807) is 18.2 Å². The quantitative estimate of drug-likeness (QED) is 0.575. The fourth-order valence-electron chi connectivity index (χ4n) is 2.50. The van der Waals surface area contributed by atoms with Gasteiger partial charge in [0.1, 0.15) is 5.69 Å². The van der Waals surface area contributed by atoms with Crippen molar-refractivity contribution in [3.8, 4) is 11.3 Å². The second-order valence-corrected chi connectivity index (χ2v) is 6.51. The molecule has 0 saturated carbocycles. The third-order valence-corrected chi connectivity index (χ3v) is 4.67. The molecule has 0 bridgehead atoms. The van der Waals surface area contributed by atoms with E-state index in [4.69, 9.17) is 0 Å². The van der Waals surface area contributed by atoms with Gasteiger partial charge in [0, 0.05) is 42.1 Å². The number of nitrogens with one attached hydrogen (secondary N) is 2. The van der Waals surface area contributed by atoms with Crippen LogP contribution in [0.1, 0.15) is 10.5 Å². The Morgan fingerprint density at radius 2 is 2.12 bits per heavy atom. The first-order valence-electron chi connectivity index (χ1n) is 7.65.